The van der Waals surface area contributed by atoms with Gasteiger partial charge < -0.3 is 0 Å². The van der Waals surface area contributed by atoms with Gasteiger partial charge in [-0.1, -0.05) is 54.6 Å². The predicted octanol–water partition coefficient (Wildman–Crippen LogP) is 3.03. The zero-order valence-corrected chi connectivity index (χ0v) is 11.8. The van der Waals surface area contributed by atoms with E-state index in [4.69, 9.17) is 0 Å². The van der Waals surface area contributed by atoms with Crippen molar-refractivity contribution in [3.8, 4) is 0 Å². The number of rotatable bonds is 4. The van der Waals surface area contributed by atoms with Crippen LogP contribution in [0.25, 0.3) is 6.08 Å². The molecule has 0 amide bonds. The van der Waals surface area contributed by atoms with E-state index in [1.54, 1.807) is 6.08 Å². The molecule has 0 saturated carbocycles. The van der Waals surface area contributed by atoms with Gasteiger partial charge in [0.15, 0.2) is 0 Å². The second-order valence-corrected chi connectivity index (χ2v) is 4.72. The van der Waals surface area contributed by atoms with Gasteiger partial charge in [0.05, 0.1) is 0 Å². The van der Waals surface area contributed by atoms with Crippen LogP contribution in [0.5, 0.6) is 0 Å². The highest BCUT2D eigenvalue weighted by atomic mass is 16.1. The number of nitrogens with zero attached hydrogens (tertiary/aromatic N) is 1. The van der Waals surface area contributed by atoms with E-state index in [1.165, 1.54) is 0 Å². The van der Waals surface area contributed by atoms with Gasteiger partial charge in [-0.05, 0) is 23.8 Å². The van der Waals surface area contributed by atoms with Crippen LogP contribution in [0.15, 0.2) is 66.7 Å². The Hall–Kier alpha value is -2.48. The van der Waals surface area contributed by atoms with Crippen molar-refractivity contribution in [1.82, 2.24) is 0 Å². The Balaban J connectivity index is 2.27. The highest BCUT2D eigenvalue weighted by Gasteiger charge is 2.18. The molecule has 2 aromatic carbocycles. The summed E-state index contributed by atoms with van der Waals surface area (Å²) >= 11 is 0. The fraction of sp³-hybridized carbons (Fsp3) is 0.111. The topological polar surface area (TPSA) is 20.1 Å². The van der Waals surface area contributed by atoms with Crippen molar-refractivity contribution in [2.45, 2.75) is 0 Å². The van der Waals surface area contributed by atoms with Crippen LogP contribution < -0.4 is 0 Å². The first-order chi connectivity index (χ1) is 9.68. The van der Waals surface area contributed by atoms with Gasteiger partial charge in [-0.2, -0.15) is 0 Å². The highest BCUT2D eigenvalue weighted by molar-refractivity contribution is 6.48. The number of benzene rings is 2. The Morgan fingerprint density at radius 2 is 1.45 bits per heavy atom. The van der Waals surface area contributed by atoms with Crippen molar-refractivity contribution < 1.29 is 9.37 Å². The van der Waals surface area contributed by atoms with Crippen molar-refractivity contribution in [1.29, 1.82) is 0 Å². The molecule has 0 heterocycles. The van der Waals surface area contributed by atoms with E-state index < -0.39 is 0 Å². The minimum absolute atomic E-state index is 0.00468. The van der Waals surface area contributed by atoms with E-state index in [9.17, 15) is 4.79 Å². The van der Waals surface area contributed by atoms with E-state index in [1.807, 2.05) is 85.4 Å². The third-order valence-electron chi connectivity index (χ3n) is 2.95. The second-order valence-electron chi connectivity index (χ2n) is 4.72. The first-order valence-corrected chi connectivity index (χ1v) is 6.55. The number of allylic oxidation sites excluding steroid dienone is 1. The molecule has 0 aromatic heterocycles. The van der Waals surface area contributed by atoms with Crippen molar-refractivity contribution >= 4 is 17.6 Å². The standard InChI is InChI=1S/C18H18NO/c1-19(2)18(16-11-7-4-8-12-16)17(20)14-13-15-9-5-3-6-10-15/h3-14H,1-2H3/q+1. The van der Waals surface area contributed by atoms with Crippen molar-refractivity contribution in [2.24, 2.45) is 0 Å². The quantitative estimate of drug-likeness (QED) is 0.472. The SMILES string of the molecule is C[N+](C)=C(C(=O)C=Cc1ccccc1)c1ccccc1. The van der Waals surface area contributed by atoms with E-state index in [0.29, 0.717) is 5.71 Å². The van der Waals surface area contributed by atoms with E-state index in [0.717, 1.165) is 11.1 Å². The molecule has 20 heavy (non-hydrogen) atoms. The Morgan fingerprint density at radius 3 is 2.00 bits per heavy atom. The lowest BCUT2D eigenvalue weighted by atomic mass is 10.0. The zero-order valence-electron chi connectivity index (χ0n) is 11.8. The maximum atomic E-state index is 12.4. The molecule has 0 unspecified atom stereocenters. The molecule has 0 fully saturated rings. The van der Waals surface area contributed by atoms with Gasteiger partial charge in [-0.3, -0.25) is 4.79 Å². The molecule has 0 aliphatic rings. The average Bonchev–Trinajstić information content (AvgIpc) is 2.47. The smallest absolute Gasteiger partial charge is 0.254 e. The van der Waals surface area contributed by atoms with Gasteiger partial charge in [0.1, 0.15) is 14.1 Å². The third kappa shape index (κ3) is 3.51. The number of carbonyl (C=O) groups excluding carboxylic acids is 1. The van der Waals surface area contributed by atoms with Gasteiger partial charge in [-0.15, -0.1) is 0 Å². The monoisotopic (exact) mass is 264 g/mol. The molecule has 2 nitrogen and oxygen atoms in total. The van der Waals surface area contributed by atoms with E-state index in [2.05, 4.69) is 0 Å². The fourth-order valence-corrected chi connectivity index (χ4v) is 2.03. The summed E-state index contributed by atoms with van der Waals surface area (Å²) in [6.07, 6.45) is 3.46. The first-order valence-electron chi connectivity index (χ1n) is 6.55. The summed E-state index contributed by atoms with van der Waals surface area (Å²) in [5, 5.41) is 0. The summed E-state index contributed by atoms with van der Waals surface area (Å²) < 4.78 is 1.85. The maximum Gasteiger partial charge on any atom is 0.254 e. The molecule has 0 bridgehead atoms. The van der Waals surface area contributed by atoms with Crippen molar-refractivity contribution in [2.75, 3.05) is 14.1 Å². The lowest BCUT2D eigenvalue weighted by Crippen LogP contribution is -2.23. The summed E-state index contributed by atoms with van der Waals surface area (Å²) in [5.74, 6) is 0.00468. The molecular weight excluding hydrogens is 246 g/mol. The van der Waals surface area contributed by atoms with Gasteiger partial charge in [0, 0.05) is 5.56 Å². The molecule has 0 aliphatic heterocycles. The predicted molar refractivity (Wildman–Crippen MR) is 83.1 cm³/mol. The molecule has 0 radical (unpaired) electrons. The Bertz CT molecular complexity index is 636. The molecular formula is C18H18NO+. The fourth-order valence-electron chi connectivity index (χ4n) is 2.03. The van der Waals surface area contributed by atoms with Crippen LogP contribution in [0.3, 0.4) is 0 Å². The molecule has 0 saturated heterocycles. The summed E-state index contributed by atoms with van der Waals surface area (Å²) in [6.45, 7) is 0. The van der Waals surface area contributed by atoms with E-state index in [-0.39, 0.29) is 5.78 Å². The average molecular weight is 264 g/mol. The summed E-state index contributed by atoms with van der Waals surface area (Å²) in [6, 6.07) is 19.5. The third-order valence-corrected chi connectivity index (χ3v) is 2.95. The minimum Gasteiger partial charge on any atom is -0.282 e. The van der Waals surface area contributed by atoms with E-state index >= 15 is 0 Å². The summed E-state index contributed by atoms with van der Waals surface area (Å²) in [4.78, 5) is 12.4. The number of hydrogen-bond donors (Lipinski definition) is 0. The summed E-state index contributed by atoms with van der Waals surface area (Å²) in [5.41, 5.74) is 2.64. The Labute approximate surface area is 119 Å². The zero-order chi connectivity index (χ0) is 14.4. The van der Waals surface area contributed by atoms with Crippen LogP contribution in [0, 0.1) is 0 Å². The van der Waals surface area contributed by atoms with Crippen LogP contribution in [0.1, 0.15) is 11.1 Å². The Morgan fingerprint density at radius 1 is 0.900 bits per heavy atom. The first kappa shape index (κ1) is 13.9. The largest absolute Gasteiger partial charge is 0.282 e. The Kier molecular flexibility index (Phi) is 4.61. The van der Waals surface area contributed by atoms with Crippen LogP contribution in [-0.2, 0) is 4.79 Å². The van der Waals surface area contributed by atoms with Gasteiger partial charge in [0.2, 0.25) is 5.78 Å². The molecule has 2 heteroatoms. The van der Waals surface area contributed by atoms with Crippen molar-refractivity contribution in [3.63, 3.8) is 0 Å². The van der Waals surface area contributed by atoms with Crippen LogP contribution in [0.4, 0.5) is 0 Å². The highest BCUT2D eigenvalue weighted by Crippen LogP contribution is 2.05. The number of hydrogen-bond acceptors (Lipinski definition) is 1. The molecule has 0 aliphatic carbocycles. The van der Waals surface area contributed by atoms with Gasteiger partial charge in [0.25, 0.3) is 5.71 Å². The van der Waals surface area contributed by atoms with Gasteiger partial charge in [-0.25, -0.2) is 4.58 Å². The lowest BCUT2D eigenvalue weighted by Gasteiger charge is -2.00. The molecule has 0 atom stereocenters. The van der Waals surface area contributed by atoms with Crippen LogP contribution in [-0.4, -0.2) is 30.2 Å². The van der Waals surface area contributed by atoms with Crippen LogP contribution >= 0.6 is 0 Å². The molecule has 2 aromatic rings. The molecule has 2 rings (SSSR count). The number of ketones is 1. The normalized spacial score (nSPS) is 10.5. The summed E-state index contributed by atoms with van der Waals surface area (Å²) in [7, 11) is 3.77. The number of carbonyl (C=O) groups is 1. The van der Waals surface area contributed by atoms with Crippen LogP contribution in [0.2, 0.25) is 0 Å². The minimum atomic E-state index is 0.00468. The van der Waals surface area contributed by atoms with Gasteiger partial charge >= 0.3 is 0 Å². The second kappa shape index (κ2) is 6.62. The maximum absolute atomic E-state index is 12.4. The molecule has 0 spiro atoms. The molecule has 0 N–H and O–H groups in total. The van der Waals surface area contributed by atoms with Crippen molar-refractivity contribution in [3.05, 3.63) is 77.9 Å². The molecule has 100 valence electrons. The lowest BCUT2D eigenvalue weighted by molar-refractivity contribution is -0.462.